The molecule has 30 heavy (non-hydrogen) atoms. The molecule has 0 atom stereocenters. The molecule has 0 saturated carbocycles. The van der Waals surface area contributed by atoms with E-state index in [0.29, 0.717) is 25.9 Å². The second-order valence-corrected chi connectivity index (χ2v) is 6.76. The smallest absolute Gasteiger partial charge is 0.387 e. The van der Waals surface area contributed by atoms with Crippen molar-refractivity contribution in [2.75, 3.05) is 20.2 Å². The monoisotopic (exact) mass is 422 g/mol. The Morgan fingerprint density at radius 2 is 1.80 bits per heavy atom. The van der Waals surface area contributed by atoms with E-state index in [2.05, 4.69) is 10.1 Å². The number of carbonyl (C=O) groups is 2. The van der Waals surface area contributed by atoms with Gasteiger partial charge in [-0.05, 0) is 43.2 Å². The van der Waals surface area contributed by atoms with Gasteiger partial charge in [-0.25, -0.2) is 4.39 Å². The van der Waals surface area contributed by atoms with Crippen LogP contribution in [0.25, 0.3) is 0 Å². The van der Waals surface area contributed by atoms with Crippen LogP contribution in [0.1, 0.15) is 33.6 Å². The lowest BCUT2D eigenvalue weighted by molar-refractivity contribution is -0.0512. The normalized spacial score (nSPS) is 14.5. The highest BCUT2D eigenvalue weighted by atomic mass is 19.3. The molecule has 1 aliphatic heterocycles. The number of hydrogen-bond acceptors (Lipinski definition) is 4. The van der Waals surface area contributed by atoms with Crippen LogP contribution in [0.2, 0.25) is 0 Å². The van der Waals surface area contributed by atoms with E-state index in [1.807, 2.05) is 0 Å². The Morgan fingerprint density at radius 3 is 2.43 bits per heavy atom. The van der Waals surface area contributed by atoms with Gasteiger partial charge in [0.2, 0.25) is 0 Å². The molecular formula is C21H21F3N2O4. The van der Waals surface area contributed by atoms with Crippen LogP contribution in [0, 0.1) is 5.82 Å². The number of ether oxygens (including phenoxy) is 2. The summed E-state index contributed by atoms with van der Waals surface area (Å²) in [4.78, 5) is 26.5. The number of alkyl halides is 2. The molecule has 1 fully saturated rings. The molecule has 2 amide bonds. The van der Waals surface area contributed by atoms with E-state index in [1.54, 1.807) is 11.0 Å². The average Bonchev–Trinajstić information content (AvgIpc) is 2.73. The van der Waals surface area contributed by atoms with E-state index in [4.69, 9.17) is 4.74 Å². The maximum Gasteiger partial charge on any atom is 0.387 e. The third-order valence-corrected chi connectivity index (χ3v) is 4.86. The third-order valence-electron chi connectivity index (χ3n) is 4.86. The Morgan fingerprint density at radius 1 is 1.10 bits per heavy atom. The molecule has 0 aliphatic carbocycles. The van der Waals surface area contributed by atoms with E-state index < -0.39 is 18.3 Å². The van der Waals surface area contributed by atoms with Gasteiger partial charge in [0.1, 0.15) is 5.82 Å². The van der Waals surface area contributed by atoms with Gasteiger partial charge in [-0.2, -0.15) is 8.78 Å². The second-order valence-electron chi connectivity index (χ2n) is 6.76. The molecule has 1 saturated heterocycles. The van der Waals surface area contributed by atoms with Crippen LogP contribution in [0.3, 0.4) is 0 Å². The van der Waals surface area contributed by atoms with Gasteiger partial charge in [-0.15, -0.1) is 0 Å². The largest absolute Gasteiger partial charge is 0.493 e. The number of nitrogens with zero attached hydrogens (tertiary/aromatic N) is 1. The van der Waals surface area contributed by atoms with Crippen LogP contribution in [0.5, 0.6) is 11.5 Å². The number of nitrogens with one attached hydrogen (secondary N) is 1. The molecule has 9 heteroatoms. The van der Waals surface area contributed by atoms with Crippen molar-refractivity contribution in [3.8, 4) is 11.5 Å². The minimum atomic E-state index is -3.05. The number of benzene rings is 2. The van der Waals surface area contributed by atoms with E-state index in [9.17, 15) is 22.8 Å². The summed E-state index contributed by atoms with van der Waals surface area (Å²) in [5.74, 6) is -1.55. The summed E-state index contributed by atoms with van der Waals surface area (Å²) in [7, 11) is 1.31. The summed E-state index contributed by atoms with van der Waals surface area (Å²) in [5.41, 5.74) is 0.168. The number of rotatable bonds is 6. The summed E-state index contributed by atoms with van der Waals surface area (Å²) < 4.78 is 48.3. The Kier molecular flexibility index (Phi) is 6.81. The van der Waals surface area contributed by atoms with Crippen LogP contribution in [0.15, 0.2) is 42.5 Å². The maximum atomic E-state index is 13.8. The van der Waals surface area contributed by atoms with Gasteiger partial charge in [0, 0.05) is 24.7 Å². The summed E-state index contributed by atoms with van der Waals surface area (Å²) >= 11 is 0. The molecule has 0 aromatic heterocycles. The van der Waals surface area contributed by atoms with Crippen molar-refractivity contribution in [3.63, 3.8) is 0 Å². The van der Waals surface area contributed by atoms with Crippen molar-refractivity contribution >= 4 is 11.8 Å². The molecule has 2 aromatic carbocycles. The molecular weight excluding hydrogens is 401 g/mol. The molecule has 6 nitrogen and oxygen atoms in total. The van der Waals surface area contributed by atoms with Gasteiger partial charge in [0.25, 0.3) is 11.8 Å². The molecule has 1 aliphatic rings. The molecule has 1 N–H and O–H groups in total. The van der Waals surface area contributed by atoms with Crippen LogP contribution in [-0.2, 0) is 0 Å². The van der Waals surface area contributed by atoms with E-state index in [0.717, 1.165) is 0 Å². The highest BCUT2D eigenvalue weighted by molar-refractivity contribution is 5.95. The topological polar surface area (TPSA) is 67.9 Å². The molecule has 1 heterocycles. The molecule has 0 spiro atoms. The van der Waals surface area contributed by atoms with E-state index >= 15 is 0 Å². The Hall–Kier alpha value is -3.23. The fraction of sp³-hybridized carbons (Fsp3) is 0.333. The predicted molar refractivity (Wildman–Crippen MR) is 102 cm³/mol. The number of halogens is 3. The fourth-order valence-electron chi connectivity index (χ4n) is 3.31. The minimum absolute atomic E-state index is 0.0183. The van der Waals surface area contributed by atoms with Crippen molar-refractivity contribution in [2.45, 2.75) is 25.5 Å². The first-order chi connectivity index (χ1) is 14.4. The SMILES string of the molecule is COc1ccc(C(=O)NC2CCN(C(=O)c3ccccc3F)CC2)cc1OC(F)F. The fourth-order valence-corrected chi connectivity index (χ4v) is 3.31. The zero-order chi connectivity index (χ0) is 21.7. The first-order valence-electron chi connectivity index (χ1n) is 9.36. The Bertz CT molecular complexity index is 915. The molecule has 3 rings (SSSR count). The van der Waals surface area contributed by atoms with Gasteiger partial charge in [-0.3, -0.25) is 9.59 Å². The molecule has 2 aromatic rings. The first-order valence-corrected chi connectivity index (χ1v) is 9.36. The number of carbonyl (C=O) groups excluding carboxylic acids is 2. The van der Waals surface area contributed by atoms with Crippen molar-refractivity contribution in [1.29, 1.82) is 0 Å². The summed E-state index contributed by atoms with van der Waals surface area (Å²) in [6.45, 7) is -2.32. The van der Waals surface area contributed by atoms with Crippen molar-refractivity contribution in [3.05, 3.63) is 59.4 Å². The Balaban J connectivity index is 1.59. The van der Waals surface area contributed by atoms with Crippen LogP contribution in [-0.4, -0.2) is 49.6 Å². The number of amides is 2. The summed E-state index contributed by atoms with van der Waals surface area (Å²) in [6, 6.07) is 9.61. The van der Waals surface area contributed by atoms with Gasteiger partial charge in [0.15, 0.2) is 11.5 Å². The number of piperidine rings is 1. The third kappa shape index (κ3) is 5.03. The number of hydrogen-bond donors (Lipinski definition) is 1. The number of methoxy groups -OCH3 is 1. The quantitative estimate of drug-likeness (QED) is 0.774. The standard InChI is InChI=1S/C21H21F3N2O4/c1-29-17-7-6-13(12-18(17)30-21(23)24)19(27)25-14-8-10-26(11-9-14)20(28)15-4-2-3-5-16(15)22/h2-7,12,14,21H,8-11H2,1H3,(H,25,27). The highest BCUT2D eigenvalue weighted by Crippen LogP contribution is 2.29. The zero-order valence-electron chi connectivity index (χ0n) is 16.2. The molecule has 0 bridgehead atoms. The lowest BCUT2D eigenvalue weighted by atomic mass is 10.0. The van der Waals surface area contributed by atoms with Gasteiger partial charge >= 0.3 is 6.61 Å². The van der Waals surface area contributed by atoms with Crippen LogP contribution in [0.4, 0.5) is 13.2 Å². The van der Waals surface area contributed by atoms with Gasteiger partial charge in [0.05, 0.1) is 12.7 Å². The second kappa shape index (κ2) is 9.51. The lowest BCUT2D eigenvalue weighted by Gasteiger charge is -2.32. The van der Waals surface area contributed by atoms with Gasteiger partial charge < -0.3 is 19.7 Å². The highest BCUT2D eigenvalue weighted by Gasteiger charge is 2.26. The lowest BCUT2D eigenvalue weighted by Crippen LogP contribution is -2.46. The van der Waals surface area contributed by atoms with Crippen molar-refractivity contribution in [2.24, 2.45) is 0 Å². The van der Waals surface area contributed by atoms with Crippen molar-refractivity contribution < 1.29 is 32.2 Å². The van der Waals surface area contributed by atoms with Crippen molar-refractivity contribution in [1.82, 2.24) is 10.2 Å². The van der Waals surface area contributed by atoms with Crippen LogP contribution < -0.4 is 14.8 Å². The summed E-state index contributed by atoms with van der Waals surface area (Å²) in [6.07, 6.45) is 0.977. The average molecular weight is 422 g/mol. The van der Waals surface area contributed by atoms with E-state index in [-0.39, 0.29) is 34.6 Å². The minimum Gasteiger partial charge on any atom is -0.493 e. The predicted octanol–water partition coefficient (Wildman–Crippen LogP) is 3.47. The van der Waals surface area contributed by atoms with Crippen LogP contribution >= 0.6 is 0 Å². The zero-order valence-corrected chi connectivity index (χ0v) is 16.2. The van der Waals surface area contributed by atoms with E-state index in [1.165, 1.54) is 43.5 Å². The molecule has 160 valence electrons. The first kappa shape index (κ1) is 21.5. The van der Waals surface area contributed by atoms with Gasteiger partial charge in [-0.1, -0.05) is 12.1 Å². The summed E-state index contributed by atoms with van der Waals surface area (Å²) in [5, 5.41) is 2.83. The maximum absolute atomic E-state index is 13.8. The Labute approximate surface area is 171 Å². The molecule has 0 unspecified atom stereocenters. The molecule has 0 radical (unpaired) electrons. The number of likely N-dealkylation sites (tertiary alicyclic amines) is 1.